The Balaban J connectivity index is 1.77. The zero-order valence-electron chi connectivity index (χ0n) is 15.4. The first-order valence-corrected chi connectivity index (χ1v) is 8.78. The Kier molecular flexibility index (Phi) is 5.66. The number of halogens is 1. The van der Waals surface area contributed by atoms with Gasteiger partial charge in [0.05, 0.1) is 23.4 Å². The standard InChI is InChI=1S/C20H21ClN4O2/c1-24(2)19-7-6-14(12-22-19)13-23-20(26)15-10-16(21)17(11-18(15)27-3)25-8-4-5-9-25/h4-12H,13H2,1-3H3,(H,23,26). The molecule has 0 saturated heterocycles. The summed E-state index contributed by atoms with van der Waals surface area (Å²) in [6.07, 6.45) is 5.50. The highest BCUT2D eigenvalue weighted by Crippen LogP contribution is 2.30. The van der Waals surface area contributed by atoms with Crippen LogP contribution in [0.5, 0.6) is 5.75 Å². The summed E-state index contributed by atoms with van der Waals surface area (Å²) >= 11 is 6.39. The maximum atomic E-state index is 12.6. The van der Waals surface area contributed by atoms with E-state index in [9.17, 15) is 4.79 Å². The number of carbonyl (C=O) groups is 1. The Hall–Kier alpha value is -2.99. The van der Waals surface area contributed by atoms with E-state index in [4.69, 9.17) is 16.3 Å². The molecule has 0 fully saturated rings. The van der Waals surface area contributed by atoms with Crippen LogP contribution in [0.3, 0.4) is 0 Å². The Labute approximate surface area is 163 Å². The lowest BCUT2D eigenvalue weighted by molar-refractivity contribution is 0.0948. The third-order valence-electron chi connectivity index (χ3n) is 4.12. The maximum absolute atomic E-state index is 12.6. The van der Waals surface area contributed by atoms with Crippen molar-refractivity contribution in [2.75, 3.05) is 26.1 Å². The van der Waals surface area contributed by atoms with Gasteiger partial charge in [-0.1, -0.05) is 17.7 Å². The summed E-state index contributed by atoms with van der Waals surface area (Å²) in [4.78, 5) is 18.9. The second-order valence-electron chi connectivity index (χ2n) is 6.20. The Morgan fingerprint density at radius 3 is 2.59 bits per heavy atom. The molecule has 2 aromatic heterocycles. The monoisotopic (exact) mass is 384 g/mol. The molecule has 0 bridgehead atoms. The van der Waals surface area contributed by atoms with E-state index in [2.05, 4.69) is 10.3 Å². The van der Waals surface area contributed by atoms with E-state index in [1.54, 1.807) is 18.3 Å². The number of pyridine rings is 1. The molecular formula is C20H21ClN4O2. The minimum atomic E-state index is -0.260. The molecular weight excluding hydrogens is 364 g/mol. The quantitative estimate of drug-likeness (QED) is 0.706. The maximum Gasteiger partial charge on any atom is 0.255 e. The van der Waals surface area contributed by atoms with Crippen LogP contribution < -0.4 is 15.0 Å². The van der Waals surface area contributed by atoms with E-state index in [0.29, 0.717) is 22.9 Å². The van der Waals surface area contributed by atoms with Gasteiger partial charge in [0.15, 0.2) is 0 Å². The number of methoxy groups -OCH3 is 1. The molecule has 7 heteroatoms. The van der Waals surface area contributed by atoms with Gasteiger partial charge in [-0.25, -0.2) is 4.98 Å². The molecule has 0 aliphatic rings. The SMILES string of the molecule is COc1cc(-n2cccc2)c(Cl)cc1C(=O)NCc1ccc(N(C)C)nc1. The van der Waals surface area contributed by atoms with E-state index < -0.39 is 0 Å². The van der Waals surface area contributed by atoms with Gasteiger partial charge in [-0.15, -0.1) is 0 Å². The van der Waals surface area contributed by atoms with Crippen LogP contribution in [0.2, 0.25) is 5.02 Å². The van der Waals surface area contributed by atoms with Crippen molar-refractivity contribution in [2.45, 2.75) is 6.54 Å². The number of hydrogen-bond donors (Lipinski definition) is 1. The highest BCUT2D eigenvalue weighted by molar-refractivity contribution is 6.33. The number of nitrogens with one attached hydrogen (secondary N) is 1. The average Bonchev–Trinajstić information content (AvgIpc) is 3.20. The zero-order valence-corrected chi connectivity index (χ0v) is 16.2. The molecule has 1 N–H and O–H groups in total. The van der Waals surface area contributed by atoms with Crippen molar-refractivity contribution < 1.29 is 9.53 Å². The summed E-state index contributed by atoms with van der Waals surface area (Å²) in [6, 6.07) is 11.0. The molecule has 0 unspecified atom stereocenters. The van der Waals surface area contributed by atoms with Crippen molar-refractivity contribution in [1.82, 2.24) is 14.9 Å². The second-order valence-corrected chi connectivity index (χ2v) is 6.60. The smallest absolute Gasteiger partial charge is 0.255 e. The third kappa shape index (κ3) is 4.23. The predicted molar refractivity (Wildman–Crippen MR) is 107 cm³/mol. The lowest BCUT2D eigenvalue weighted by atomic mass is 10.1. The van der Waals surface area contributed by atoms with Crippen LogP contribution in [0.4, 0.5) is 5.82 Å². The van der Waals surface area contributed by atoms with Crippen LogP contribution in [0.25, 0.3) is 5.69 Å². The number of hydrogen-bond acceptors (Lipinski definition) is 4. The molecule has 0 aliphatic heterocycles. The summed E-state index contributed by atoms with van der Waals surface area (Å²) in [6.45, 7) is 0.361. The minimum absolute atomic E-state index is 0.260. The Morgan fingerprint density at radius 1 is 1.26 bits per heavy atom. The molecule has 27 heavy (non-hydrogen) atoms. The minimum Gasteiger partial charge on any atom is -0.496 e. The van der Waals surface area contributed by atoms with E-state index in [1.165, 1.54) is 7.11 Å². The van der Waals surface area contributed by atoms with Gasteiger partial charge in [-0.05, 0) is 29.8 Å². The van der Waals surface area contributed by atoms with Crippen molar-refractivity contribution in [3.05, 3.63) is 71.1 Å². The van der Waals surface area contributed by atoms with Gasteiger partial charge in [0.25, 0.3) is 5.91 Å². The van der Waals surface area contributed by atoms with E-state index in [0.717, 1.165) is 17.1 Å². The van der Waals surface area contributed by atoms with Gasteiger partial charge in [-0.3, -0.25) is 4.79 Å². The van der Waals surface area contributed by atoms with Crippen molar-refractivity contribution in [1.29, 1.82) is 0 Å². The van der Waals surface area contributed by atoms with E-state index in [-0.39, 0.29) is 5.91 Å². The Bertz CT molecular complexity index is 922. The molecule has 0 spiro atoms. The number of anilines is 1. The lowest BCUT2D eigenvalue weighted by Crippen LogP contribution is -2.23. The number of rotatable bonds is 6. The molecule has 3 aromatic rings. The molecule has 1 amide bonds. The van der Waals surface area contributed by atoms with Gasteiger partial charge in [0, 0.05) is 45.3 Å². The summed E-state index contributed by atoms with van der Waals surface area (Å²) in [5, 5.41) is 3.35. The molecule has 0 saturated carbocycles. The summed E-state index contributed by atoms with van der Waals surface area (Å²) in [7, 11) is 5.39. The molecule has 0 aliphatic carbocycles. The first kappa shape index (κ1) is 18.8. The van der Waals surface area contributed by atoms with Gasteiger partial charge in [-0.2, -0.15) is 0 Å². The fourth-order valence-electron chi connectivity index (χ4n) is 2.65. The van der Waals surface area contributed by atoms with Crippen molar-refractivity contribution in [2.24, 2.45) is 0 Å². The van der Waals surface area contributed by atoms with Gasteiger partial charge in [0.2, 0.25) is 0 Å². The summed E-state index contributed by atoms with van der Waals surface area (Å²) in [5.74, 6) is 1.06. The lowest BCUT2D eigenvalue weighted by Gasteiger charge is -2.14. The van der Waals surface area contributed by atoms with Gasteiger partial charge in [0.1, 0.15) is 11.6 Å². The highest BCUT2D eigenvalue weighted by Gasteiger charge is 2.16. The number of carbonyl (C=O) groups excluding carboxylic acids is 1. The first-order valence-electron chi connectivity index (χ1n) is 8.41. The highest BCUT2D eigenvalue weighted by atomic mass is 35.5. The number of amides is 1. The first-order chi connectivity index (χ1) is 13.0. The second kappa shape index (κ2) is 8.14. The molecule has 0 radical (unpaired) electrons. The van der Waals surface area contributed by atoms with Gasteiger partial charge >= 0.3 is 0 Å². The molecule has 1 aromatic carbocycles. The van der Waals surface area contributed by atoms with Crippen LogP contribution in [0, 0.1) is 0 Å². The fraction of sp³-hybridized carbons (Fsp3) is 0.200. The van der Waals surface area contributed by atoms with Crippen molar-refractivity contribution in [3.63, 3.8) is 0 Å². The van der Waals surface area contributed by atoms with Crippen LogP contribution in [0.1, 0.15) is 15.9 Å². The molecule has 0 atom stereocenters. The number of ether oxygens (including phenoxy) is 1. The fourth-order valence-corrected chi connectivity index (χ4v) is 2.91. The van der Waals surface area contributed by atoms with Gasteiger partial charge < -0.3 is 19.5 Å². The normalized spacial score (nSPS) is 10.5. The van der Waals surface area contributed by atoms with Crippen LogP contribution in [-0.2, 0) is 6.54 Å². The topological polar surface area (TPSA) is 59.4 Å². The average molecular weight is 385 g/mol. The van der Waals surface area contributed by atoms with Crippen LogP contribution >= 0.6 is 11.6 Å². The number of benzene rings is 1. The van der Waals surface area contributed by atoms with E-state index >= 15 is 0 Å². The third-order valence-corrected chi connectivity index (χ3v) is 4.42. The zero-order chi connectivity index (χ0) is 19.4. The summed E-state index contributed by atoms with van der Waals surface area (Å²) in [5.41, 5.74) is 2.04. The van der Waals surface area contributed by atoms with Crippen molar-refractivity contribution >= 4 is 23.3 Å². The molecule has 140 valence electrons. The predicted octanol–water partition coefficient (Wildman–Crippen LogP) is 3.53. The molecule has 3 rings (SSSR count). The summed E-state index contributed by atoms with van der Waals surface area (Å²) < 4.78 is 7.27. The van der Waals surface area contributed by atoms with Crippen LogP contribution in [0.15, 0.2) is 55.0 Å². The molecule has 6 nitrogen and oxygen atoms in total. The number of nitrogens with zero attached hydrogens (tertiary/aromatic N) is 3. The van der Waals surface area contributed by atoms with E-state index in [1.807, 2.05) is 60.2 Å². The molecule has 2 heterocycles. The van der Waals surface area contributed by atoms with Crippen molar-refractivity contribution in [3.8, 4) is 11.4 Å². The number of aromatic nitrogens is 2. The largest absolute Gasteiger partial charge is 0.496 e. The van der Waals surface area contributed by atoms with Crippen LogP contribution in [-0.4, -0.2) is 36.7 Å². The Morgan fingerprint density at radius 2 is 2.00 bits per heavy atom.